The molecule has 54 heavy (non-hydrogen) atoms. The number of nitrogens with one attached hydrogen (secondary N) is 3. The second-order valence-corrected chi connectivity index (χ2v) is 17.9. The van der Waals surface area contributed by atoms with E-state index in [0.29, 0.717) is 25.0 Å². The third-order valence-electron chi connectivity index (χ3n) is 10.8. The molecule has 2 saturated carbocycles. The molecular formula is C40H47N5O8S. The van der Waals surface area contributed by atoms with Gasteiger partial charge in [-0.05, 0) is 66.7 Å². The van der Waals surface area contributed by atoms with E-state index in [0.717, 1.165) is 40.7 Å². The van der Waals surface area contributed by atoms with Gasteiger partial charge in [0, 0.05) is 23.5 Å². The molecule has 5 atom stereocenters. The zero-order valence-corrected chi connectivity index (χ0v) is 31.6. The topological polar surface area (TPSA) is 173 Å². The maximum Gasteiger partial charge on any atom is 0.407 e. The van der Waals surface area contributed by atoms with Gasteiger partial charge >= 0.3 is 6.09 Å². The van der Waals surface area contributed by atoms with Gasteiger partial charge in [0.05, 0.1) is 18.4 Å². The second kappa shape index (κ2) is 14.3. The molecule has 2 heterocycles. The number of sulfonamides is 1. The fraction of sp³-hybridized carbons (Fsp3) is 0.475. The van der Waals surface area contributed by atoms with E-state index < -0.39 is 74.1 Å². The molecule has 0 spiro atoms. The minimum atomic E-state index is -3.90. The fourth-order valence-electron chi connectivity index (χ4n) is 7.50. The van der Waals surface area contributed by atoms with E-state index in [-0.39, 0.29) is 26.0 Å². The zero-order valence-electron chi connectivity index (χ0n) is 30.8. The predicted octanol–water partition coefficient (Wildman–Crippen LogP) is 4.41. The Balaban J connectivity index is 1.22. The summed E-state index contributed by atoms with van der Waals surface area (Å²) in [4.78, 5) is 62.9. The molecule has 4 bridgehead atoms. The van der Waals surface area contributed by atoms with Crippen molar-refractivity contribution in [3.63, 3.8) is 0 Å². The Bertz CT molecular complexity index is 2050. The minimum absolute atomic E-state index is 0.0176. The number of benzene rings is 2. The molecule has 7 rings (SSSR count). The molecule has 2 aliphatic heterocycles. The molecule has 2 aromatic rings. The predicted molar refractivity (Wildman–Crippen MR) is 202 cm³/mol. The van der Waals surface area contributed by atoms with Gasteiger partial charge in [0.15, 0.2) is 0 Å². The molecule has 1 saturated heterocycles. The highest BCUT2D eigenvalue weighted by atomic mass is 32.2. The van der Waals surface area contributed by atoms with Crippen molar-refractivity contribution in [3.8, 4) is 11.1 Å². The monoisotopic (exact) mass is 757 g/mol. The highest BCUT2D eigenvalue weighted by Gasteiger charge is 2.62. The van der Waals surface area contributed by atoms with E-state index in [1.807, 2.05) is 24.3 Å². The minimum Gasteiger partial charge on any atom is -0.450 e. The zero-order chi connectivity index (χ0) is 38.4. The van der Waals surface area contributed by atoms with Crippen molar-refractivity contribution in [1.82, 2.24) is 20.3 Å². The number of allylic oxidation sites excluding steroid dienone is 1. The van der Waals surface area contributed by atoms with Gasteiger partial charge in [-0.3, -0.25) is 19.1 Å². The number of hydrogen-bond acceptors (Lipinski definition) is 9. The van der Waals surface area contributed by atoms with Crippen LogP contribution in [-0.4, -0.2) is 85.0 Å². The summed E-state index contributed by atoms with van der Waals surface area (Å²) in [5.41, 5.74) is 3.10. The van der Waals surface area contributed by atoms with Crippen molar-refractivity contribution in [3.05, 3.63) is 77.9 Å². The number of rotatable bonds is 6. The molecule has 3 fully saturated rings. The van der Waals surface area contributed by atoms with Gasteiger partial charge in [-0.2, -0.15) is 0 Å². The van der Waals surface area contributed by atoms with Crippen LogP contribution in [0.4, 0.5) is 4.79 Å². The molecule has 0 aromatic heterocycles. The van der Waals surface area contributed by atoms with Crippen molar-refractivity contribution in [1.29, 1.82) is 0 Å². The number of ether oxygens (including phenoxy) is 1. The molecule has 286 valence electrons. The number of oxime groups is 1. The lowest BCUT2D eigenvalue weighted by molar-refractivity contribution is -0.143. The van der Waals surface area contributed by atoms with Crippen LogP contribution in [0.3, 0.4) is 0 Å². The number of hydrogen-bond donors (Lipinski definition) is 3. The normalized spacial score (nSPS) is 28.6. The lowest BCUT2D eigenvalue weighted by Crippen LogP contribution is -2.60. The van der Waals surface area contributed by atoms with Crippen molar-refractivity contribution < 1.29 is 37.2 Å². The van der Waals surface area contributed by atoms with E-state index >= 15 is 0 Å². The Morgan fingerprint density at radius 1 is 1.06 bits per heavy atom. The quantitative estimate of drug-likeness (QED) is 0.311. The van der Waals surface area contributed by atoms with Crippen molar-refractivity contribution in [2.45, 2.75) is 94.7 Å². The number of fused-ring (bicyclic) bond motifs is 6. The van der Waals surface area contributed by atoms with Crippen LogP contribution < -0.4 is 15.4 Å². The van der Waals surface area contributed by atoms with Gasteiger partial charge in [-0.25, -0.2) is 13.2 Å². The number of cyclic esters (lactones) is 1. The Labute approximate surface area is 315 Å². The second-order valence-electron chi connectivity index (χ2n) is 15.9. The van der Waals surface area contributed by atoms with Crippen LogP contribution in [0.5, 0.6) is 0 Å². The SMILES string of the molecule is C=C[C@@H]1C[C@]1(NC(=O)[C@@H]1C[C@@H]2CN1C(=O)[C@H](C(C)(C)C)NC(=O)OCCCC/C=C/c1ccc3c(c1)/C(=N\O2)c1ccccc1-3)C(=O)NS(=O)(=O)C1CC1. The molecule has 0 unspecified atom stereocenters. The Kier molecular flexibility index (Phi) is 9.92. The molecule has 0 radical (unpaired) electrons. The molecule has 13 nitrogen and oxygen atoms in total. The molecule has 3 N–H and O–H groups in total. The third-order valence-corrected chi connectivity index (χ3v) is 12.7. The van der Waals surface area contributed by atoms with Crippen molar-refractivity contribution in [2.75, 3.05) is 13.2 Å². The van der Waals surface area contributed by atoms with Crippen molar-refractivity contribution >= 4 is 45.6 Å². The van der Waals surface area contributed by atoms with Crippen LogP contribution in [0.2, 0.25) is 0 Å². The van der Waals surface area contributed by atoms with Gasteiger partial charge in [-0.1, -0.05) is 80.6 Å². The van der Waals surface area contributed by atoms with Crippen LogP contribution in [0, 0.1) is 11.3 Å². The van der Waals surface area contributed by atoms with E-state index in [1.165, 1.54) is 11.0 Å². The Morgan fingerprint density at radius 2 is 1.80 bits per heavy atom. The van der Waals surface area contributed by atoms with E-state index in [4.69, 9.17) is 9.57 Å². The average molecular weight is 758 g/mol. The number of amides is 4. The van der Waals surface area contributed by atoms with E-state index in [9.17, 15) is 27.6 Å². The summed E-state index contributed by atoms with van der Waals surface area (Å²) in [6.07, 6.45) is 7.43. The number of alkyl carbamates (subject to hydrolysis) is 1. The first-order valence-corrected chi connectivity index (χ1v) is 20.2. The number of nitrogens with zero attached hydrogens (tertiary/aromatic N) is 2. The van der Waals surface area contributed by atoms with E-state index in [2.05, 4.69) is 57.4 Å². The highest BCUT2D eigenvalue weighted by Crippen LogP contribution is 2.46. The van der Waals surface area contributed by atoms with Gasteiger partial charge < -0.3 is 25.1 Å². The summed E-state index contributed by atoms with van der Waals surface area (Å²) >= 11 is 0. The summed E-state index contributed by atoms with van der Waals surface area (Å²) in [6.45, 7) is 9.30. The van der Waals surface area contributed by atoms with Gasteiger partial charge in [-0.15, -0.1) is 6.58 Å². The van der Waals surface area contributed by atoms with Gasteiger partial charge in [0.25, 0.3) is 5.91 Å². The lowest BCUT2D eigenvalue weighted by atomic mass is 9.85. The molecule has 3 aliphatic carbocycles. The highest BCUT2D eigenvalue weighted by molar-refractivity contribution is 7.91. The number of carbonyl (C=O) groups is 4. The molecule has 5 aliphatic rings. The number of carbonyl (C=O) groups excluding carboxylic acids is 4. The summed E-state index contributed by atoms with van der Waals surface area (Å²) < 4.78 is 33.1. The van der Waals surface area contributed by atoms with Crippen LogP contribution in [0.1, 0.15) is 82.4 Å². The van der Waals surface area contributed by atoms with Crippen LogP contribution in [-0.2, 0) is 34.0 Å². The molecule has 14 heteroatoms. The van der Waals surface area contributed by atoms with Crippen LogP contribution >= 0.6 is 0 Å². The maximum absolute atomic E-state index is 14.5. The Hall–Kier alpha value is -4.98. The Morgan fingerprint density at radius 3 is 2.50 bits per heavy atom. The first-order chi connectivity index (χ1) is 25.7. The first-order valence-electron chi connectivity index (χ1n) is 18.6. The summed E-state index contributed by atoms with van der Waals surface area (Å²) in [6, 6.07) is 11.9. The van der Waals surface area contributed by atoms with Gasteiger partial charge in [0.2, 0.25) is 21.8 Å². The standard InChI is InChI=1S/C40H47N5O8S/c1-5-25-22-40(25,37(48)44-54(50,51)27-16-17-27)42-35(46)32-21-26-23-45(32)36(47)34(39(2,3)4)41-38(49)52-19-11-7-6-8-12-24-15-18-29-28-13-9-10-14-30(28)33(43-53-26)31(29)20-24/h5,8-10,12-15,18,20,25-27,32,34H,1,6-7,11,16-17,19,21-23H2,2-4H3,(H,41,49)(H,42,46)(H,44,48)/b12-8+,43-33-/t25-,26-,32+,34-,40-/m1/s1. The lowest BCUT2D eigenvalue weighted by Gasteiger charge is -2.35. The van der Waals surface area contributed by atoms with Crippen molar-refractivity contribution in [2.24, 2.45) is 16.5 Å². The van der Waals surface area contributed by atoms with E-state index in [1.54, 1.807) is 20.8 Å². The third kappa shape index (κ3) is 7.40. The van der Waals surface area contributed by atoms with Crippen LogP contribution in [0.15, 0.2) is 66.4 Å². The largest absolute Gasteiger partial charge is 0.450 e. The molecule has 4 amide bonds. The van der Waals surface area contributed by atoms with Gasteiger partial charge in [0.1, 0.15) is 29.4 Å². The first kappa shape index (κ1) is 37.3. The average Bonchev–Trinajstić information content (AvgIpc) is 4.04. The molecular weight excluding hydrogens is 711 g/mol. The van der Waals surface area contributed by atoms with Crippen LogP contribution in [0.25, 0.3) is 17.2 Å². The molecule has 2 aromatic carbocycles. The fourth-order valence-corrected chi connectivity index (χ4v) is 8.86. The summed E-state index contributed by atoms with van der Waals surface area (Å²) in [5.74, 6) is -2.55. The summed E-state index contributed by atoms with van der Waals surface area (Å²) in [7, 11) is -3.90. The maximum atomic E-state index is 14.5. The smallest absolute Gasteiger partial charge is 0.407 e. The summed E-state index contributed by atoms with van der Waals surface area (Å²) in [5, 5.41) is 9.57.